The van der Waals surface area contributed by atoms with Crippen molar-refractivity contribution in [2.24, 2.45) is 5.92 Å². The van der Waals surface area contributed by atoms with Gasteiger partial charge in [0.2, 0.25) is 11.8 Å². The molecule has 2 fully saturated rings. The molecule has 15 heteroatoms. The van der Waals surface area contributed by atoms with Crippen molar-refractivity contribution in [1.82, 2.24) is 20.9 Å². The van der Waals surface area contributed by atoms with Crippen LogP contribution in [0.3, 0.4) is 0 Å². The monoisotopic (exact) mass is 666 g/mol. The number of fused-ring (bicyclic) bond motifs is 2. The lowest BCUT2D eigenvalue weighted by Crippen LogP contribution is -2.56. The third-order valence-corrected chi connectivity index (χ3v) is 8.45. The number of carbonyl (C=O) groups is 5. The fourth-order valence-electron chi connectivity index (χ4n) is 5.99. The lowest BCUT2D eigenvalue weighted by molar-refractivity contribution is -0.145. The summed E-state index contributed by atoms with van der Waals surface area (Å²) in [5.74, 6) is -4.42. The van der Waals surface area contributed by atoms with Gasteiger partial charge < -0.3 is 35.4 Å². The summed E-state index contributed by atoms with van der Waals surface area (Å²) in [7, 11) is 1.07. The summed E-state index contributed by atoms with van der Waals surface area (Å²) >= 11 is 0. The number of nitrogens with one attached hydrogen (secondary N) is 3. The van der Waals surface area contributed by atoms with E-state index in [-0.39, 0.29) is 31.4 Å². The van der Waals surface area contributed by atoms with Gasteiger partial charge in [-0.15, -0.1) is 0 Å². The Hall–Kier alpha value is -4.30. The number of alkyl halides is 3. The molecule has 1 aromatic carbocycles. The van der Waals surface area contributed by atoms with Gasteiger partial charge in [0.1, 0.15) is 29.0 Å². The van der Waals surface area contributed by atoms with Gasteiger partial charge in [-0.2, -0.15) is 13.2 Å². The molecule has 1 aliphatic carbocycles. The fraction of sp³-hybridized carbons (Fsp3) is 0.594. The second kappa shape index (κ2) is 13.8. The lowest BCUT2D eigenvalue weighted by atomic mass is 10.0. The van der Waals surface area contributed by atoms with E-state index in [9.17, 15) is 42.3 Å². The average Bonchev–Trinajstić information content (AvgIpc) is 3.51. The van der Waals surface area contributed by atoms with Gasteiger partial charge in [0, 0.05) is 24.1 Å². The molecular weight excluding hydrogens is 625 g/mol. The number of allylic oxidation sites excluding steroid dienone is 1. The van der Waals surface area contributed by atoms with Gasteiger partial charge in [-0.1, -0.05) is 25.0 Å². The third-order valence-electron chi connectivity index (χ3n) is 8.45. The Bertz CT molecular complexity index is 1430. The molecule has 1 saturated heterocycles. The zero-order valence-electron chi connectivity index (χ0n) is 26.7. The molecule has 1 aromatic rings. The van der Waals surface area contributed by atoms with Crippen molar-refractivity contribution in [2.75, 3.05) is 13.7 Å². The number of hydrogen-bond donors (Lipinski definition) is 4. The fourth-order valence-corrected chi connectivity index (χ4v) is 5.99. The smallest absolute Gasteiger partial charge is 0.419 e. The molecule has 2 aliphatic heterocycles. The average molecular weight is 667 g/mol. The van der Waals surface area contributed by atoms with Gasteiger partial charge in [0.25, 0.3) is 5.91 Å². The van der Waals surface area contributed by atoms with E-state index in [1.165, 1.54) is 4.90 Å². The highest BCUT2D eigenvalue weighted by atomic mass is 19.4. The first-order valence-electron chi connectivity index (χ1n) is 15.5. The van der Waals surface area contributed by atoms with Crippen LogP contribution in [0.2, 0.25) is 0 Å². The number of rotatable bonds is 5. The minimum Gasteiger partial charge on any atom is -0.496 e. The van der Waals surface area contributed by atoms with Crippen molar-refractivity contribution in [3.8, 4) is 5.75 Å². The molecule has 0 spiro atoms. The van der Waals surface area contributed by atoms with Crippen LogP contribution in [0.25, 0.3) is 0 Å². The molecule has 0 unspecified atom stereocenters. The van der Waals surface area contributed by atoms with Gasteiger partial charge >= 0.3 is 18.2 Å². The molecule has 0 aromatic heterocycles. The van der Waals surface area contributed by atoms with Crippen molar-refractivity contribution >= 4 is 29.8 Å². The van der Waals surface area contributed by atoms with Gasteiger partial charge in [-0.25, -0.2) is 9.59 Å². The molecule has 258 valence electrons. The SMILES string of the molecule is COc1ccc(C(=O)N[C@@H]2C[C@H]3C(=O)N[C@]4(C(=O)O)C[C@H]4/C=C\CCCCC[C@H](NC(=O)OC(C)(C)C)C(=O)N3C2)cc1C(F)(F)F. The predicted molar refractivity (Wildman–Crippen MR) is 161 cm³/mol. The second-order valence-electron chi connectivity index (χ2n) is 13.2. The summed E-state index contributed by atoms with van der Waals surface area (Å²) in [6.07, 6.45) is 0.918. The van der Waals surface area contributed by atoms with Gasteiger partial charge in [-0.3, -0.25) is 14.4 Å². The summed E-state index contributed by atoms with van der Waals surface area (Å²) in [6.45, 7) is 4.77. The molecule has 3 aliphatic rings. The number of carbonyl (C=O) groups excluding carboxylic acids is 4. The van der Waals surface area contributed by atoms with Crippen LogP contribution in [0.5, 0.6) is 5.75 Å². The maximum absolute atomic E-state index is 14.0. The molecule has 4 amide bonds. The molecule has 1 saturated carbocycles. The Kier molecular flexibility index (Phi) is 10.5. The predicted octanol–water partition coefficient (Wildman–Crippen LogP) is 3.79. The van der Waals surface area contributed by atoms with Crippen molar-refractivity contribution in [1.29, 1.82) is 0 Å². The van der Waals surface area contributed by atoms with Crippen LogP contribution in [0, 0.1) is 5.92 Å². The van der Waals surface area contributed by atoms with E-state index >= 15 is 0 Å². The van der Waals surface area contributed by atoms with Gasteiger partial charge in [0.15, 0.2) is 0 Å². The first kappa shape index (κ1) is 35.6. The molecule has 4 rings (SSSR count). The molecule has 0 bridgehead atoms. The summed E-state index contributed by atoms with van der Waals surface area (Å²) in [6, 6.07) is -0.411. The maximum atomic E-state index is 14.0. The Morgan fingerprint density at radius 3 is 2.45 bits per heavy atom. The van der Waals surface area contributed by atoms with Crippen molar-refractivity contribution in [3.05, 3.63) is 41.5 Å². The normalized spacial score (nSPS) is 27.6. The number of aliphatic carboxylic acids is 1. The molecule has 5 atom stereocenters. The molecule has 0 radical (unpaired) electrons. The van der Waals surface area contributed by atoms with Crippen LogP contribution in [0.4, 0.5) is 18.0 Å². The number of nitrogens with zero attached hydrogens (tertiary/aromatic N) is 1. The van der Waals surface area contributed by atoms with Crippen molar-refractivity contribution in [2.45, 2.75) is 101 Å². The zero-order valence-corrected chi connectivity index (χ0v) is 26.7. The number of methoxy groups -OCH3 is 1. The number of hydrogen-bond acceptors (Lipinski definition) is 7. The van der Waals surface area contributed by atoms with Gasteiger partial charge in [-0.05, 0) is 71.1 Å². The Balaban J connectivity index is 1.62. The minimum absolute atomic E-state index is 0.152. The molecule has 4 N–H and O–H groups in total. The van der Waals surface area contributed by atoms with E-state index in [4.69, 9.17) is 9.47 Å². The number of alkyl carbamates (subject to hydrolysis) is 1. The topological polar surface area (TPSA) is 163 Å². The lowest BCUT2D eigenvalue weighted by Gasteiger charge is -2.30. The van der Waals surface area contributed by atoms with E-state index in [0.717, 1.165) is 25.7 Å². The van der Waals surface area contributed by atoms with E-state index < -0.39 is 82.5 Å². The standard InChI is InChI=1S/C32H41F3N4O8/c1-30(2,3)47-29(45)37-22-11-9-7-5-6-8-10-19-16-31(19,28(43)44)38-26(41)23-15-20(17-39(23)27(22)42)36-25(40)18-12-13-24(46-4)21(14-18)32(33,34)35/h8,10,12-14,19-20,22-23H,5-7,9,11,15-17H2,1-4H3,(H,36,40)(H,37,45)(H,38,41)(H,43,44)/b10-8-/t19-,20-,22+,23+,31-/m1/s1. The number of benzene rings is 1. The second-order valence-corrected chi connectivity index (χ2v) is 13.2. The highest BCUT2D eigenvalue weighted by Gasteiger charge is 2.61. The van der Waals surface area contributed by atoms with Crippen LogP contribution in [0.1, 0.15) is 81.6 Å². The number of ether oxygens (including phenoxy) is 2. The van der Waals surface area contributed by atoms with Crippen LogP contribution >= 0.6 is 0 Å². The molecule has 2 heterocycles. The van der Waals surface area contributed by atoms with Crippen molar-refractivity contribution < 1.29 is 51.7 Å². The number of halogens is 3. The molecule has 12 nitrogen and oxygen atoms in total. The van der Waals surface area contributed by atoms with E-state index in [1.54, 1.807) is 26.8 Å². The van der Waals surface area contributed by atoms with Gasteiger partial charge in [0.05, 0.1) is 12.7 Å². The van der Waals surface area contributed by atoms with E-state index in [0.29, 0.717) is 25.3 Å². The number of amides is 4. The van der Waals surface area contributed by atoms with E-state index in [1.807, 2.05) is 6.08 Å². The maximum Gasteiger partial charge on any atom is 0.419 e. The first-order chi connectivity index (χ1) is 21.9. The van der Waals surface area contributed by atoms with Crippen molar-refractivity contribution in [3.63, 3.8) is 0 Å². The number of carboxylic acid groups (broad SMARTS) is 1. The van der Waals surface area contributed by atoms with Crippen LogP contribution in [-0.2, 0) is 25.3 Å². The first-order valence-corrected chi connectivity index (χ1v) is 15.5. The highest BCUT2D eigenvalue weighted by molar-refractivity contribution is 5.97. The zero-order chi connectivity index (χ0) is 34.7. The summed E-state index contributed by atoms with van der Waals surface area (Å²) in [5.41, 5.74) is -3.89. The minimum atomic E-state index is -4.80. The summed E-state index contributed by atoms with van der Waals surface area (Å²) < 4.78 is 50.9. The summed E-state index contributed by atoms with van der Waals surface area (Å²) in [4.78, 5) is 67.1. The molecule has 47 heavy (non-hydrogen) atoms. The van der Waals surface area contributed by atoms with E-state index in [2.05, 4.69) is 16.0 Å². The Morgan fingerprint density at radius 1 is 1.09 bits per heavy atom. The van der Waals surface area contributed by atoms with Crippen LogP contribution in [-0.4, -0.2) is 82.7 Å². The van der Waals surface area contributed by atoms with Crippen LogP contribution in [0.15, 0.2) is 30.4 Å². The van der Waals surface area contributed by atoms with Crippen LogP contribution < -0.4 is 20.7 Å². The quantitative estimate of drug-likeness (QED) is 0.345. The molecular formula is C32H41F3N4O8. The Labute approximate surface area is 270 Å². The Morgan fingerprint density at radius 2 is 1.81 bits per heavy atom. The third kappa shape index (κ3) is 8.55. The highest BCUT2D eigenvalue weighted by Crippen LogP contribution is 2.45. The summed E-state index contributed by atoms with van der Waals surface area (Å²) in [5, 5.41) is 17.8. The largest absolute Gasteiger partial charge is 0.496 e. The number of carboxylic acids is 1.